The van der Waals surface area contributed by atoms with Crippen LogP contribution in [0.15, 0.2) is 39.4 Å². The highest BCUT2D eigenvalue weighted by Gasteiger charge is 2.12. The Bertz CT molecular complexity index is 612. The van der Waals surface area contributed by atoms with Crippen molar-refractivity contribution in [3.05, 3.63) is 46.3 Å². The Balaban J connectivity index is 2.15. The number of anilines is 1. The molecular weight excluding hydrogens is 346 g/mol. The molecule has 0 aliphatic heterocycles. The third-order valence-electron chi connectivity index (χ3n) is 2.56. The number of halogens is 2. The molecule has 0 spiro atoms. The lowest BCUT2D eigenvalue weighted by molar-refractivity contribution is 0.0995. The molecule has 1 aromatic carbocycles. The average molecular weight is 359 g/mol. The molecule has 1 heterocycles. The molecule has 2 aromatic rings. The van der Waals surface area contributed by atoms with Crippen LogP contribution in [-0.2, 0) is 5.88 Å². The number of alkyl halides is 1. The number of rotatable bonds is 5. The zero-order chi connectivity index (χ0) is 14.5. The van der Waals surface area contributed by atoms with E-state index in [0.29, 0.717) is 22.8 Å². The number of hydrogen-bond acceptors (Lipinski definition) is 3. The van der Waals surface area contributed by atoms with Gasteiger partial charge in [-0.25, -0.2) is 0 Å². The molecule has 0 atom stereocenters. The molecule has 4 nitrogen and oxygen atoms in total. The van der Waals surface area contributed by atoms with Crippen LogP contribution in [0.4, 0.5) is 5.69 Å². The van der Waals surface area contributed by atoms with E-state index in [-0.39, 0.29) is 11.7 Å². The lowest BCUT2D eigenvalue weighted by Crippen LogP contribution is -2.11. The Labute approximate surface area is 130 Å². The number of ether oxygens (including phenoxy) is 1. The lowest BCUT2D eigenvalue weighted by atomic mass is 10.2. The van der Waals surface area contributed by atoms with Crippen LogP contribution in [0, 0.1) is 0 Å². The summed E-state index contributed by atoms with van der Waals surface area (Å²) in [4.78, 5) is 11.9. The maximum absolute atomic E-state index is 11.9. The summed E-state index contributed by atoms with van der Waals surface area (Å²) in [6.45, 7) is 2.47. The molecule has 0 bridgehead atoms. The molecule has 1 N–H and O–H groups in total. The van der Waals surface area contributed by atoms with Gasteiger partial charge in [0.1, 0.15) is 5.75 Å². The summed E-state index contributed by atoms with van der Waals surface area (Å²) in [7, 11) is 0. The second-order valence-electron chi connectivity index (χ2n) is 3.95. The van der Waals surface area contributed by atoms with Crippen LogP contribution in [-0.4, -0.2) is 12.5 Å². The maximum Gasteiger partial charge on any atom is 0.291 e. The van der Waals surface area contributed by atoms with E-state index in [0.717, 1.165) is 11.3 Å². The fourth-order valence-electron chi connectivity index (χ4n) is 1.69. The van der Waals surface area contributed by atoms with Gasteiger partial charge in [0, 0.05) is 11.3 Å². The monoisotopic (exact) mass is 357 g/mol. The lowest BCUT2D eigenvalue weighted by Gasteiger charge is -2.10. The minimum absolute atomic E-state index is 0.234. The van der Waals surface area contributed by atoms with Gasteiger partial charge in [0.25, 0.3) is 5.91 Å². The number of carbonyl (C=O) groups is 1. The molecule has 0 aliphatic rings. The van der Waals surface area contributed by atoms with Gasteiger partial charge >= 0.3 is 0 Å². The van der Waals surface area contributed by atoms with Crippen LogP contribution >= 0.6 is 27.5 Å². The van der Waals surface area contributed by atoms with E-state index in [4.69, 9.17) is 20.8 Å². The minimum atomic E-state index is -0.319. The maximum atomic E-state index is 11.9. The number of amides is 1. The third kappa shape index (κ3) is 3.55. The molecule has 1 aromatic heterocycles. The highest BCUT2D eigenvalue weighted by Crippen LogP contribution is 2.25. The number of benzene rings is 1. The van der Waals surface area contributed by atoms with E-state index in [1.54, 1.807) is 30.3 Å². The van der Waals surface area contributed by atoms with Crippen molar-refractivity contribution in [3.8, 4) is 5.75 Å². The summed E-state index contributed by atoms with van der Waals surface area (Å²) < 4.78 is 11.2. The van der Waals surface area contributed by atoms with Crippen LogP contribution in [0.2, 0.25) is 0 Å². The third-order valence-corrected chi connectivity index (χ3v) is 3.27. The predicted molar refractivity (Wildman–Crippen MR) is 81.5 cm³/mol. The first-order valence-corrected chi connectivity index (χ1v) is 7.35. The van der Waals surface area contributed by atoms with Crippen LogP contribution in [0.5, 0.6) is 5.75 Å². The summed E-state index contributed by atoms with van der Waals surface area (Å²) >= 11 is 9.03. The summed E-state index contributed by atoms with van der Waals surface area (Å²) in [6.07, 6.45) is 0. The summed E-state index contributed by atoms with van der Waals surface area (Å²) in [5.41, 5.74) is 1.47. The van der Waals surface area contributed by atoms with Gasteiger partial charge in [-0.1, -0.05) is 0 Å². The Morgan fingerprint density at radius 1 is 1.40 bits per heavy atom. The van der Waals surface area contributed by atoms with Crippen LogP contribution in [0.25, 0.3) is 0 Å². The summed E-state index contributed by atoms with van der Waals surface area (Å²) in [5, 5.41) is 2.75. The Morgan fingerprint density at radius 2 is 2.20 bits per heavy atom. The van der Waals surface area contributed by atoms with Gasteiger partial charge in [-0.05, 0) is 53.2 Å². The highest BCUT2D eigenvalue weighted by atomic mass is 79.9. The second-order valence-corrected chi connectivity index (χ2v) is 5.00. The highest BCUT2D eigenvalue weighted by molar-refractivity contribution is 9.10. The van der Waals surface area contributed by atoms with Crippen molar-refractivity contribution in [1.82, 2.24) is 0 Å². The van der Waals surface area contributed by atoms with Crippen molar-refractivity contribution >= 4 is 39.1 Å². The SMILES string of the molecule is CCOc1ccc(NC(=O)c2ccc(Br)o2)cc1CCl. The summed E-state index contributed by atoms with van der Waals surface area (Å²) in [5.74, 6) is 0.950. The molecule has 6 heteroatoms. The number of carbonyl (C=O) groups excluding carboxylic acids is 1. The zero-order valence-corrected chi connectivity index (χ0v) is 13.1. The fraction of sp³-hybridized carbons (Fsp3) is 0.214. The predicted octanol–water partition coefficient (Wildman–Crippen LogP) is 4.43. The van der Waals surface area contributed by atoms with E-state index in [2.05, 4.69) is 21.2 Å². The normalized spacial score (nSPS) is 10.3. The fourth-order valence-corrected chi connectivity index (χ4v) is 2.20. The van der Waals surface area contributed by atoms with Gasteiger partial charge in [-0.2, -0.15) is 0 Å². The molecule has 0 radical (unpaired) electrons. The van der Waals surface area contributed by atoms with Crippen molar-refractivity contribution < 1.29 is 13.9 Å². The van der Waals surface area contributed by atoms with Gasteiger partial charge < -0.3 is 14.5 Å². The van der Waals surface area contributed by atoms with Gasteiger partial charge in [0.05, 0.1) is 12.5 Å². The zero-order valence-electron chi connectivity index (χ0n) is 10.8. The molecule has 0 unspecified atom stereocenters. The number of furan rings is 1. The number of hydrogen-bond donors (Lipinski definition) is 1. The Morgan fingerprint density at radius 3 is 2.80 bits per heavy atom. The first kappa shape index (κ1) is 14.9. The van der Waals surface area contributed by atoms with Crippen LogP contribution < -0.4 is 10.1 Å². The molecule has 0 aliphatic carbocycles. The smallest absolute Gasteiger partial charge is 0.291 e. The van der Waals surface area contributed by atoms with E-state index in [9.17, 15) is 4.79 Å². The summed E-state index contributed by atoms with van der Waals surface area (Å²) in [6, 6.07) is 8.59. The molecule has 0 saturated carbocycles. The number of nitrogens with one attached hydrogen (secondary N) is 1. The standard InChI is InChI=1S/C14H13BrClNO3/c1-2-19-11-4-3-10(7-9(11)8-16)17-14(18)12-5-6-13(15)20-12/h3-7H,2,8H2,1H3,(H,17,18). The van der Waals surface area contributed by atoms with Crippen molar-refractivity contribution in [2.45, 2.75) is 12.8 Å². The molecule has 1 amide bonds. The van der Waals surface area contributed by atoms with Crippen molar-refractivity contribution in [2.75, 3.05) is 11.9 Å². The molecule has 0 fully saturated rings. The first-order valence-electron chi connectivity index (χ1n) is 6.02. The van der Waals surface area contributed by atoms with E-state index in [1.807, 2.05) is 6.92 Å². The first-order chi connectivity index (χ1) is 9.63. The minimum Gasteiger partial charge on any atom is -0.494 e. The van der Waals surface area contributed by atoms with Gasteiger partial charge in [0.15, 0.2) is 10.4 Å². The molecule has 0 saturated heterocycles. The Hall–Kier alpha value is -1.46. The molecule has 2 rings (SSSR count). The van der Waals surface area contributed by atoms with Crippen LogP contribution in [0.1, 0.15) is 23.0 Å². The van der Waals surface area contributed by atoms with E-state index in [1.165, 1.54) is 0 Å². The quantitative estimate of drug-likeness (QED) is 0.804. The molecule has 106 valence electrons. The Kier molecular flexibility index (Phi) is 5.09. The van der Waals surface area contributed by atoms with E-state index >= 15 is 0 Å². The van der Waals surface area contributed by atoms with E-state index < -0.39 is 0 Å². The molecular formula is C14H13BrClNO3. The largest absolute Gasteiger partial charge is 0.494 e. The van der Waals surface area contributed by atoms with Crippen molar-refractivity contribution in [3.63, 3.8) is 0 Å². The van der Waals surface area contributed by atoms with Crippen molar-refractivity contribution in [1.29, 1.82) is 0 Å². The van der Waals surface area contributed by atoms with Gasteiger partial charge in [-0.15, -0.1) is 11.6 Å². The molecule has 20 heavy (non-hydrogen) atoms. The second kappa shape index (κ2) is 6.81. The average Bonchev–Trinajstić information content (AvgIpc) is 2.87. The van der Waals surface area contributed by atoms with Gasteiger partial charge in [-0.3, -0.25) is 4.79 Å². The van der Waals surface area contributed by atoms with Gasteiger partial charge in [0.2, 0.25) is 0 Å². The van der Waals surface area contributed by atoms with Crippen molar-refractivity contribution in [2.24, 2.45) is 0 Å². The van der Waals surface area contributed by atoms with Crippen LogP contribution in [0.3, 0.4) is 0 Å². The topological polar surface area (TPSA) is 51.5 Å².